The Kier molecular flexibility index (Phi) is 4.72. The molecule has 0 spiro atoms. The molecule has 1 N–H and O–H groups in total. The number of ketones is 1. The van der Waals surface area contributed by atoms with Crippen LogP contribution in [0.3, 0.4) is 0 Å². The van der Waals surface area contributed by atoms with E-state index in [1.165, 1.54) is 5.56 Å². The van der Waals surface area contributed by atoms with E-state index >= 15 is 0 Å². The average Bonchev–Trinajstić information content (AvgIpc) is 2.40. The van der Waals surface area contributed by atoms with Gasteiger partial charge in [0, 0.05) is 31.7 Å². The molecule has 0 radical (unpaired) electrons. The van der Waals surface area contributed by atoms with Gasteiger partial charge in [0.1, 0.15) is 0 Å². The monoisotopic (exact) mass is 260 g/mol. The number of carbonyl (C=O) groups is 1. The standard InChI is InChI=1S/C16H24N2O/c1-4-15(18-9-7-17-8-10-18)16(19)14-6-5-12(2)11-13(14)3/h5-6,11,15,17H,4,7-10H2,1-3H3. The van der Waals surface area contributed by atoms with Gasteiger partial charge < -0.3 is 5.32 Å². The van der Waals surface area contributed by atoms with Crippen LogP contribution in [0.4, 0.5) is 0 Å². The summed E-state index contributed by atoms with van der Waals surface area (Å²) in [7, 11) is 0. The van der Waals surface area contributed by atoms with Crippen LogP contribution >= 0.6 is 0 Å². The molecule has 1 aromatic rings. The van der Waals surface area contributed by atoms with Crippen LogP contribution in [0.1, 0.15) is 34.8 Å². The number of aryl methyl sites for hydroxylation is 2. The lowest BCUT2D eigenvalue weighted by atomic mass is 9.95. The van der Waals surface area contributed by atoms with E-state index in [1.54, 1.807) is 0 Å². The van der Waals surface area contributed by atoms with E-state index in [0.29, 0.717) is 0 Å². The summed E-state index contributed by atoms with van der Waals surface area (Å²) in [4.78, 5) is 15.1. The molecular formula is C16H24N2O. The van der Waals surface area contributed by atoms with Crippen molar-refractivity contribution in [2.24, 2.45) is 0 Å². The lowest BCUT2D eigenvalue weighted by molar-refractivity contribution is 0.0789. The maximum absolute atomic E-state index is 12.7. The Morgan fingerprint density at radius 3 is 2.58 bits per heavy atom. The van der Waals surface area contributed by atoms with Crippen LogP contribution in [0.15, 0.2) is 18.2 Å². The summed E-state index contributed by atoms with van der Waals surface area (Å²) in [6, 6.07) is 6.14. The molecule has 0 bridgehead atoms. The Morgan fingerprint density at radius 2 is 2.00 bits per heavy atom. The summed E-state index contributed by atoms with van der Waals surface area (Å²) in [6.45, 7) is 10.1. The van der Waals surface area contributed by atoms with Gasteiger partial charge in [-0.05, 0) is 25.8 Å². The number of benzene rings is 1. The van der Waals surface area contributed by atoms with Gasteiger partial charge in [-0.2, -0.15) is 0 Å². The average molecular weight is 260 g/mol. The Balaban J connectivity index is 2.19. The maximum atomic E-state index is 12.7. The van der Waals surface area contributed by atoms with Gasteiger partial charge in [0.25, 0.3) is 0 Å². The molecule has 3 heteroatoms. The van der Waals surface area contributed by atoms with Crippen molar-refractivity contribution in [3.05, 3.63) is 34.9 Å². The number of Topliss-reactive ketones (excluding diaryl/α,β-unsaturated/α-hetero) is 1. The molecule has 0 amide bonds. The highest BCUT2D eigenvalue weighted by molar-refractivity contribution is 6.01. The zero-order chi connectivity index (χ0) is 13.8. The second-order valence-electron chi connectivity index (χ2n) is 5.39. The van der Waals surface area contributed by atoms with Gasteiger partial charge in [0.2, 0.25) is 0 Å². The van der Waals surface area contributed by atoms with Gasteiger partial charge in [-0.1, -0.05) is 30.7 Å². The molecule has 1 fully saturated rings. The Morgan fingerprint density at radius 1 is 1.32 bits per heavy atom. The predicted molar refractivity (Wildman–Crippen MR) is 78.8 cm³/mol. The second-order valence-corrected chi connectivity index (χ2v) is 5.39. The van der Waals surface area contributed by atoms with Gasteiger partial charge in [0.15, 0.2) is 5.78 Å². The lowest BCUT2D eigenvalue weighted by Crippen LogP contribution is -2.51. The number of hydrogen-bond acceptors (Lipinski definition) is 3. The Bertz CT molecular complexity index is 450. The predicted octanol–water partition coefficient (Wildman–Crippen LogP) is 2.17. The third-order valence-electron chi connectivity index (χ3n) is 3.93. The third-order valence-corrected chi connectivity index (χ3v) is 3.93. The van der Waals surface area contributed by atoms with E-state index in [9.17, 15) is 4.79 Å². The molecule has 1 heterocycles. The molecule has 1 unspecified atom stereocenters. The summed E-state index contributed by atoms with van der Waals surface area (Å²) >= 11 is 0. The summed E-state index contributed by atoms with van der Waals surface area (Å²) in [6.07, 6.45) is 0.881. The fourth-order valence-electron chi connectivity index (χ4n) is 2.87. The molecule has 0 aliphatic carbocycles. The Labute approximate surface area is 116 Å². The normalized spacial score (nSPS) is 18.3. The minimum atomic E-state index is 0.0310. The summed E-state index contributed by atoms with van der Waals surface area (Å²) in [5, 5.41) is 3.34. The van der Waals surface area contributed by atoms with Gasteiger partial charge >= 0.3 is 0 Å². The fraction of sp³-hybridized carbons (Fsp3) is 0.562. The van der Waals surface area contributed by atoms with Crippen LogP contribution in [0, 0.1) is 13.8 Å². The number of nitrogens with one attached hydrogen (secondary N) is 1. The molecule has 1 atom stereocenters. The van der Waals surface area contributed by atoms with E-state index < -0.39 is 0 Å². The number of hydrogen-bond donors (Lipinski definition) is 1. The fourth-order valence-corrected chi connectivity index (χ4v) is 2.87. The van der Waals surface area contributed by atoms with E-state index in [-0.39, 0.29) is 11.8 Å². The van der Waals surface area contributed by atoms with Crippen molar-refractivity contribution < 1.29 is 4.79 Å². The van der Waals surface area contributed by atoms with Crippen LogP contribution in [0.25, 0.3) is 0 Å². The highest BCUT2D eigenvalue weighted by Crippen LogP contribution is 2.17. The molecule has 1 aliphatic rings. The highest BCUT2D eigenvalue weighted by Gasteiger charge is 2.26. The van der Waals surface area contributed by atoms with Crippen LogP contribution < -0.4 is 5.32 Å². The summed E-state index contributed by atoms with van der Waals surface area (Å²) in [5.74, 6) is 0.280. The molecule has 0 aromatic heterocycles. The number of nitrogens with zero attached hydrogens (tertiary/aromatic N) is 1. The van der Waals surface area contributed by atoms with E-state index in [2.05, 4.69) is 30.1 Å². The first-order valence-electron chi connectivity index (χ1n) is 7.19. The Hall–Kier alpha value is -1.19. The molecule has 19 heavy (non-hydrogen) atoms. The second kappa shape index (κ2) is 6.31. The molecule has 1 aromatic carbocycles. The molecule has 0 saturated carbocycles. The smallest absolute Gasteiger partial charge is 0.180 e. The number of rotatable bonds is 4. The summed E-state index contributed by atoms with van der Waals surface area (Å²) in [5.41, 5.74) is 3.19. The van der Waals surface area contributed by atoms with Crippen molar-refractivity contribution >= 4 is 5.78 Å². The molecule has 1 aliphatic heterocycles. The van der Waals surface area contributed by atoms with Gasteiger partial charge in [-0.15, -0.1) is 0 Å². The molecule has 1 saturated heterocycles. The molecule has 104 valence electrons. The lowest BCUT2D eigenvalue weighted by Gasteiger charge is -2.33. The van der Waals surface area contributed by atoms with Gasteiger partial charge in [-0.3, -0.25) is 9.69 Å². The van der Waals surface area contributed by atoms with Crippen LogP contribution in [-0.4, -0.2) is 42.9 Å². The first-order chi connectivity index (χ1) is 9.13. The molecular weight excluding hydrogens is 236 g/mol. The molecule has 3 nitrogen and oxygen atoms in total. The first kappa shape index (κ1) is 14.2. The van der Waals surface area contributed by atoms with Crippen molar-refractivity contribution in [1.82, 2.24) is 10.2 Å². The van der Waals surface area contributed by atoms with Crippen LogP contribution in [0.5, 0.6) is 0 Å². The van der Waals surface area contributed by atoms with Crippen LogP contribution in [-0.2, 0) is 0 Å². The largest absolute Gasteiger partial charge is 0.314 e. The SMILES string of the molecule is CCC(C(=O)c1ccc(C)cc1C)N1CCNCC1. The van der Waals surface area contributed by atoms with Crippen molar-refractivity contribution in [1.29, 1.82) is 0 Å². The number of carbonyl (C=O) groups excluding carboxylic acids is 1. The quantitative estimate of drug-likeness (QED) is 0.842. The first-order valence-corrected chi connectivity index (χ1v) is 7.19. The van der Waals surface area contributed by atoms with Crippen molar-refractivity contribution in [2.45, 2.75) is 33.2 Å². The highest BCUT2D eigenvalue weighted by atomic mass is 16.1. The minimum absolute atomic E-state index is 0.0310. The van der Waals surface area contributed by atoms with E-state index in [0.717, 1.165) is 43.7 Å². The van der Waals surface area contributed by atoms with E-state index in [1.807, 2.05) is 19.1 Å². The summed E-state index contributed by atoms with van der Waals surface area (Å²) < 4.78 is 0. The van der Waals surface area contributed by atoms with Crippen molar-refractivity contribution in [3.63, 3.8) is 0 Å². The topological polar surface area (TPSA) is 32.3 Å². The third kappa shape index (κ3) is 3.23. The number of piperazine rings is 1. The minimum Gasteiger partial charge on any atom is -0.314 e. The van der Waals surface area contributed by atoms with Crippen molar-refractivity contribution in [3.8, 4) is 0 Å². The zero-order valence-electron chi connectivity index (χ0n) is 12.2. The molecule has 2 rings (SSSR count). The maximum Gasteiger partial charge on any atom is 0.180 e. The van der Waals surface area contributed by atoms with Crippen molar-refractivity contribution in [2.75, 3.05) is 26.2 Å². The van der Waals surface area contributed by atoms with E-state index in [4.69, 9.17) is 0 Å². The van der Waals surface area contributed by atoms with Gasteiger partial charge in [-0.25, -0.2) is 0 Å². The van der Waals surface area contributed by atoms with Gasteiger partial charge in [0.05, 0.1) is 6.04 Å². The zero-order valence-corrected chi connectivity index (χ0v) is 12.2. The van der Waals surface area contributed by atoms with Crippen LogP contribution in [0.2, 0.25) is 0 Å².